The zero-order valence-electron chi connectivity index (χ0n) is 8.07. The third-order valence-corrected chi connectivity index (χ3v) is 2.17. The Hall–Kier alpha value is -1.43. The number of aromatic nitrogens is 3. The summed E-state index contributed by atoms with van der Waals surface area (Å²) in [4.78, 5) is 4.15. The molecular formula is C9H9BrN4O. The molecule has 0 fully saturated rings. The minimum Gasteiger partial charge on any atom is -0.402 e. The lowest BCUT2D eigenvalue weighted by atomic mass is 10.3. The molecule has 2 aromatic heterocycles. The summed E-state index contributed by atoms with van der Waals surface area (Å²) in [6.45, 7) is 2.71. The van der Waals surface area contributed by atoms with Crippen LogP contribution in [0.1, 0.15) is 6.92 Å². The van der Waals surface area contributed by atoms with Crippen molar-refractivity contribution in [3.63, 3.8) is 0 Å². The van der Waals surface area contributed by atoms with Gasteiger partial charge < -0.3 is 9.73 Å². The molecule has 15 heavy (non-hydrogen) atoms. The number of rotatable bonds is 3. The van der Waals surface area contributed by atoms with Gasteiger partial charge in [0.05, 0.1) is 0 Å². The van der Waals surface area contributed by atoms with E-state index < -0.39 is 0 Å². The first-order valence-corrected chi connectivity index (χ1v) is 5.28. The van der Waals surface area contributed by atoms with Gasteiger partial charge in [-0.2, -0.15) is 0 Å². The molecule has 0 aromatic carbocycles. The summed E-state index contributed by atoms with van der Waals surface area (Å²) < 4.78 is 6.25. The molecule has 0 radical (unpaired) electrons. The highest BCUT2D eigenvalue weighted by atomic mass is 79.9. The highest BCUT2D eigenvalue weighted by Crippen LogP contribution is 2.18. The van der Waals surface area contributed by atoms with E-state index in [2.05, 4.69) is 36.4 Å². The van der Waals surface area contributed by atoms with Crippen molar-refractivity contribution in [2.24, 2.45) is 0 Å². The van der Waals surface area contributed by atoms with Crippen molar-refractivity contribution < 1.29 is 4.42 Å². The summed E-state index contributed by atoms with van der Waals surface area (Å²) >= 11 is 3.31. The van der Waals surface area contributed by atoms with Crippen LogP contribution in [-0.4, -0.2) is 21.7 Å². The van der Waals surface area contributed by atoms with E-state index in [1.807, 2.05) is 19.1 Å². The Morgan fingerprint density at radius 1 is 1.40 bits per heavy atom. The van der Waals surface area contributed by atoms with E-state index in [4.69, 9.17) is 4.42 Å². The molecule has 0 saturated heterocycles. The minimum atomic E-state index is 0.414. The van der Waals surface area contributed by atoms with Crippen molar-refractivity contribution in [2.75, 3.05) is 11.9 Å². The van der Waals surface area contributed by atoms with E-state index in [0.717, 1.165) is 11.0 Å². The molecule has 2 aromatic rings. The monoisotopic (exact) mass is 268 g/mol. The van der Waals surface area contributed by atoms with Crippen molar-refractivity contribution in [3.05, 3.63) is 22.8 Å². The van der Waals surface area contributed by atoms with E-state index in [0.29, 0.717) is 17.6 Å². The number of nitrogens with one attached hydrogen (secondary N) is 1. The zero-order chi connectivity index (χ0) is 10.7. The van der Waals surface area contributed by atoms with Crippen LogP contribution in [0, 0.1) is 0 Å². The maximum atomic E-state index is 5.34. The first kappa shape index (κ1) is 10.1. The van der Waals surface area contributed by atoms with Crippen molar-refractivity contribution in [2.45, 2.75) is 6.92 Å². The highest BCUT2D eigenvalue weighted by molar-refractivity contribution is 9.10. The average molecular weight is 269 g/mol. The molecule has 0 atom stereocenters. The average Bonchev–Trinajstić information content (AvgIpc) is 2.68. The molecule has 0 aliphatic carbocycles. The number of halogens is 1. The Bertz CT molecular complexity index is 440. The number of hydrogen-bond acceptors (Lipinski definition) is 5. The lowest BCUT2D eigenvalue weighted by Crippen LogP contribution is -1.95. The van der Waals surface area contributed by atoms with Crippen molar-refractivity contribution in [1.82, 2.24) is 15.2 Å². The standard InChI is InChI=1S/C9H9BrN4O/c1-2-11-9-14-13-8(15-9)7-4-3-6(10)5-12-7/h3-5H,2H2,1H3,(H,11,14). The fourth-order valence-electron chi connectivity index (χ4n) is 1.05. The van der Waals surface area contributed by atoms with Gasteiger partial charge in [0.1, 0.15) is 5.69 Å². The van der Waals surface area contributed by atoms with Crippen LogP contribution in [0.4, 0.5) is 6.01 Å². The number of hydrogen-bond donors (Lipinski definition) is 1. The Morgan fingerprint density at radius 3 is 2.93 bits per heavy atom. The third kappa shape index (κ3) is 2.33. The normalized spacial score (nSPS) is 10.3. The summed E-state index contributed by atoms with van der Waals surface area (Å²) in [5, 5.41) is 10.6. The fourth-order valence-corrected chi connectivity index (χ4v) is 1.29. The fraction of sp³-hybridized carbons (Fsp3) is 0.222. The largest absolute Gasteiger partial charge is 0.402 e. The quantitative estimate of drug-likeness (QED) is 0.926. The van der Waals surface area contributed by atoms with Crippen LogP contribution in [0.25, 0.3) is 11.6 Å². The Balaban J connectivity index is 2.25. The zero-order valence-corrected chi connectivity index (χ0v) is 9.65. The Morgan fingerprint density at radius 2 is 2.27 bits per heavy atom. The van der Waals surface area contributed by atoms with Gasteiger partial charge in [-0.15, -0.1) is 5.10 Å². The van der Waals surface area contributed by atoms with Crippen LogP contribution < -0.4 is 5.32 Å². The van der Waals surface area contributed by atoms with E-state index in [1.165, 1.54) is 0 Å². The van der Waals surface area contributed by atoms with E-state index in [-0.39, 0.29) is 0 Å². The van der Waals surface area contributed by atoms with Gasteiger partial charge in [0, 0.05) is 17.2 Å². The molecule has 0 aliphatic rings. The molecule has 5 nitrogen and oxygen atoms in total. The van der Waals surface area contributed by atoms with Gasteiger partial charge >= 0.3 is 6.01 Å². The molecular weight excluding hydrogens is 260 g/mol. The molecule has 0 unspecified atom stereocenters. The first-order valence-electron chi connectivity index (χ1n) is 4.49. The second kappa shape index (κ2) is 4.39. The van der Waals surface area contributed by atoms with E-state index in [1.54, 1.807) is 6.20 Å². The smallest absolute Gasteiger partial charge is 0.315 e. The SMILES string of the molecule is CCNc1nnc(-c2ccc(Br)cn2)o1. The summed E-state index contributed by atoms with van der Waals surface area (Å²) in [5.41, 5.74) is 0.662. The first-order chi connectivity index (χ1) is 7.29. The summed E-state index contributed by atoms with van der Waals surface area (Å²) in [7, 11) is 0. The van der Waals surface area contributed by atoms with Gasteiger partial charge in [0.25, 0.3) is 5.89 Å². The molecule has 0 aliphatic heterocycles. The van der Waals surface area contributed by atoms with Crippen LogP contribution in [0.5, 0.6) is 0 Å². The topological polar surface area (TPSA) is 63.8 Å². The summed E-state index contributed by atoms with van der Waals surface area (Å²) in [6.07, 6.45) is 1.69. The van der Waals surface area contributed by atoms with E-state index >= 15 is 0 Å². The maximum Gasteiger partial charge on any atom is 0.315 e. The van der Waals surface area contributed by atoms with Crippen LogP contribution in [0.15, 0.2) is 27.2 Å². The van der Waals surface area contributed by atoms with Crippen molar-refractivity contribution >= 4 is 21.9 Å². The van der Waals surface area contributed by atoms with Crippen LogP contribution in [-0.2, 0) is 0 Å². The lowest BCUT2D eigenvalue weighted by Gasteiger charge is -1.94. The Kier molecular flexibility index (Phi) is 2.96. The summed E-state index contributed by atoms with van der Waals surface area (Å²) in [6, 6.07) is 4.10. The number of anilines is 1. The lowest BCUT2D eigenvalue weighted by molar-refractivity contribution is 0.580. The summed E-state index contributed by atoms with van der Waals surface area (Å²) in [5.74, 6) is 0.415. The van der Waals surface area contributed by atoms with Gasteiger partial charge in [0.2, 0.25) is 0 Å². The van der Waals surface area contributed by atoms with Gasteiger partial charge in [-0.1, -0.05) is 5.10 Å². The van der Waals surface area contributed by atoms with Crippen LogP contribution >= 0.6 is 15.9 Å². The minimum absolute atomic E-state index is 0.414. The van der Waals surface area contributed by atoms with Crippen LogP contribution in [0.2, 0.25) is 0 Å². The predicted octanol–water partition coefficient (Wildman–Crippen LogP) is 2.33. The number of nitrogens with zero attached hydrogens (tertiary/aromatic N) is 3. The van der Waals surface area contributed by atoms with Gasteiger partial charge in [-0.3, -0.25) is 0 Å². The molecule has 6 heteroatoms. The van der Waals surface area contributed by atoms with Crippen LogP contribution in [0.3, 0.4) is 0 Å². The van der Waals surface area contributed by atoms with Gasteiger partial charge in [-0.25, -0.2) is 4.98 Å². The molecule has 0 bridgehead atoms. The molecule has 78 valence electrons. The molecule has 2 heterocycles. The second-order valence-electron chi connectivity index (χ2n) is 2.80. The van der Waals surface area contributed by atoms with Crippen molar-refractivity contribution in [1.29, 1.82) is 0 Å². The second-order valence-corrected chi connectivity index (χ2v) is 3.72. The molecule has 2 rings (SSSR count). The molecule has 0 amide bonds. The van der Waals surface area contributed by atoms with E-state index in [9.17, 15) is 0 Å². The van der Waals surface area contributed by atoms with Crippen molar-refractivity contribution in [3.8, 4) is 11.6 Å². The molecule has 0 saturated carbocycles. The highest BCUT2D eigenvalue weighted by Gasteiger charge is 2.08. The molecule has 1 N–H and O–H groups in total. The van der Waals surface area contributed by atoms with Gasteiger partial charge in [-0.05, 0) is 35.0 Å². The number of pyridine rings is 1. The predicted molar refractivity (Wildman–Crippen MR) is 59.4 cm³/mol. The van der Waals surface area contributed by atoms with Gasteiger partial charge in [0.15, 0.2) is 0 Å². The Labute approximate surface area is 95.1 Å². The maximum absolute atomic E-state index is 5.34. The third-order valence-electron chi connectivity index (χ3n) is 1.70. The molecule has 0 spiro atoms.